The number of allylic oxidation sites excluding steroid dienone is 1. The summed E-state index contributed by atoms with van der Waals surface area (Å²) in [5.41, 5.74) is 1.32. The van der Waals surface area contributed by atoms with E-state index in [1.165, 1.54) is 17.7 Å². The minimum atomic E-state index is -0.764. The molecule has 1 heterocycles. The maximum absolute atomic E-state index is 13.1. The van der Waals surface area contributed by atoms with E-state index < -0.39 is 21.2 Å². The molecule has 2 rings (SSSR count). The average molecular weight is 282 g/mol. The van der Waals surface area contributed by atoms with Crippen molar-refractivity contribution in [1.29, 1.82) is 0 Å². The van der Waals surface area contributed by atoms with Gasteiger partial charge in [0.2, 0.25) is 0 Å². The Morgan fingerprint density at radius 2 is 2.16 bits per heavy atom. The van der Waals surface area contributed by atoms with Crippen LogP contribution in [0.2, 0.25) is 6.04 Å². The number of hydrogen-bond acceptors (Lipinski definition) is 1. The zero-order chi connectivity index (χ0) is 13.7. The summed E-state index contributed by atoms with van der Waals surface area (Å²) >= 11 is 0. The molecule has 1 aliphatic rings. The monoisotopic (exact) mass is 282 g/mol. The molecule has 1 atom stereocenters. The summed E-state index contributed by atoms with van der Waals surface area (Å²) in [4.78, 5) is 0. The molecular formula is C15H20F2OSi. The Bertz CT molecular complexity index is 459. The number of hydrogen-bond donors (Lipinski definition) is 0. The van der Waals surface area contributed by atoms with E-state index in [1.807, 2.05) is 6.26 Å². The molecule has 0 saturated carbocycles. The Balaban J connectivity index is 1.84. The first-order valence-electron chi connectivity index (χ1n) is 6.96. The Kier molecular flexibility index (Phi) is 5.13. The molecule has 0 N–H and O–H groups in total. The van der Waals surface area contributed by atoms with Gasteiger partial charge in [0.1, 0.15) is 0 Å². The molecule has 104 valence electrons. The van der Waals surface area contributed by atoms with Crippen molar-refractivity contribution < 1.29 is 13.5 Å². The van der Waals surface area contributed by atoms with E-state index in [0.29, 0.717) is 6.10 Å². The lowest BCUT2D eigenvalue weighted by Crippen LogP contribution is -2.18. The van der Waals surface area contributed by atoms with E-state index in [2.05, 4.69) is 6.92 Å². The van der Waals surface area contributed by atoms with Crippen LogP contribution in [0.3, 0.4) is 0 Å². The van der Waals surface area contributed by atoms with Crippen LogP contribution in [-0.2, 0) is 4.74 Å². The lowest BCUT2D eigenvalue weighted by molar-refractivity contribution is 0.111. The van der Waals surface area contributed by atoms with Crippen LogP contribution in [0.1, 0.15) is 32.6 Å². The molecule has 0 spiro atoms. The molecule has 1 unspecified atom stereocenters. The van der Waals surface area contributed by atoms with E-state index >= 15 is 0 Å². The molecule has 19 heavy (non-hydrogen) atoms. The summed E-state index contributed by atoms with van der Waals surface area (Å²) in [7, 11) is -0.577. The second-order valence-corrected chi connectivity index (χ2v) is 6.93. The molecule has 0 amide bonds. The molecule has 0 aliphatic carbocycles. The van der Waals surface area contributed by atoms with E-state index in [-0.39, 0.29) is 0 Å². The van der Waals surface area contributed by atoms with Crippen LogP contribution < -0.4 is 5.19 Å². The van der Waals surface area contributed by atoms with E-state index in [9.17, 15) is 8.78 Å². The summed E-state index contributed by atoms with van der Waals surface area (Å²) < 4.78 is 31.6. The molecule has 0 fully saturated rings. The van der Waals surface area contributed by atoms with Gasteiger partial charge in [0, 0.05) is 0 Å². The summed E-state index contributed by atoms with van der Waals surface area (Å²) in [6.07, 6.45) is 6.71. The lowest BCUT2D eigenvalue weighted by Gasteiger charge is -2.22. The second-order valence-electron chi connectivity index (χ2n) is 5.11. The Hall–Kier alpha value is -1.16. The molecule has 1 aromatic rings. The van der Waals surface area contributed by atoms with Gasteiger partial charge in [-0.15, -0.1) is 0 Å². The third-order valence-corrected chi connectivity index (χ3v) is 5.45. The molecule has 0 aromatic heterocycles. The molecule has 4 heteroatoms. The number of ether oxygens (including phenoxy) is 1. The van der Waals surface area contributed by atoms with E-state index in [0.717, 1.165) is 36.9 Å². The molecule has 0 bridgehead atoms. The number of rotatable bonds is 5. The highest BCUT2D eigenvalue weighted by Gasteiger charge is 2.14. The Labute approximate surface area is 115 Å². The van der Waals surface area contributed by atoms with Crippen LogP contribution in [0, 0.1) is 11.6 Å². The minimum Gasteiger partial charge on any atom is -0.498 e. The summed E-state index contributed by atoms with van der Waals surface area (Å²) in [5.74, 6) is -1.50. The van der Waals surface area contributed by atoms with Crippen LogP contribution in [0.25, 0.3) is 0 Å². The topological polar surface area (TPSA) is 9.23 Å². The van der Waals surface area contributed by atoms with Crippen LogP contribution in [-0.4, -0.2) is 15.6 Å². The van der Waals surface area contributed by atoms with Gasteiger partial charge < -0.3 is 4.74 Å². The summed E-state index contributed by atoms with van der Waals surface area (Å²) in [5, 5.41) is 0.968. The first-order valence-corrected chi connectivity index (χ1v) is 8.67. The lowest BCUT2D eigenvalue weighted by atomic mass is 10.0. The fourth-order valence-electron chi connectivity index (χ4n) is 2.38. The van der Waals surface area contributed by atoms with Crippen LogP contribution in [0.5, 0.6) is 0 Å². The van der Waals surface area contributed by atoms with Crippen LogP contribution >= 0.6 is 0 Å². The summed E-state index contributed by atoms with van der Waals surface area (Å²) in [6.45, 7) is 2.17. The molecule has 1 aliphatic heterocycles. The van der Waals surface area contributed by atoms with Crippen molar-refractivity contribution in [1.82, 2.24) is 0 Å². The molecule has 1 nitrogen and oxygen atoms in total. The fraction of sp³-hybridized carbons (Fsp3) is 0.467. The zero-order valence-electron chi connectivity index (χ0n) is 11.3. The highest BCUT2D eigenvalue weighted by Crippen LogP contribution is 2.22. The predicted octanol–water partition coefficient (Wildman–Crippen LogP) is 3.04. The first-order chi connectivity index (χ1) is 9.19. The van der Waals surface area contributed by atoms with Crippen molar-refractivity contribution in [2.75, 3.05) is 0 Å². The Morgan fingerprint density at radius 3 is 2.79 bits per heavy atom. The van der Waals surface area contributed by atoms with Gasteiger partial charge in [0.25, 0.3) is 0 Å². The smallest absolute Gasteiger partial charge is 0.158 e. The number of benzene rings is 1. The second kappa shape index (κ2) is 6.85. The van der Waals surface area contributed by atoms with Gasteiger partial charge in [0.15, 0.2) is 11.6 Å². The average Bonchev–Trinajstić information content (AvgIpc) is 2.42. The SMILES string of the molecule is CCCC1CCC(C[SiH2]c2ccc(F)c(F)c2)=CO1. The quantitative estimate of drug-likeness (QED) is 0.754. The maximum atomic E-state index is 13.1. The molecular weight excluding hydrogens is 262 g/mol. The van der Waals surface area contributed by atoms with Crippen LogP contribution in [0.15, 0.2) is 30.0 Å². The number of halogens is 2. The van der Waals surface area contributed by atoms with Crippen molar-refractivity contribution in [3.05, 3.63) is 41.7 Å². The predicted molar refractivity (Wildman–Crippen MR) is 76.4 cm³/mol. The normalized spacial score (nSPS) is 19.5. The standard InChI is InChI=1S/C15H20F2OSi/c1-2-3-12-5-4-11(9-18-12)10-19-13-6-7-14(16)15(17)8-13/h6-9,12H,2-5,10,19H2,1H3. The van der Waals surface area contributed by atoms with Crippen molar-refractivity contribution in [3.63, 3.8) is 0 Å². The van der Waals surface area contributed by atoms with Gasteiger partial charge in [-0.1, -0.05) is 24.6 Å². The third kappa shape index (κ3) is 4.16. The fourth-order valence-corrected chi connectivity index (χ4v) is 3.97. The van der Waals surface area contributed by atoms with Gasteiger partial charge >= 0.3 is 0 Å². The van der Waals surface area contributed by atoms with Gasteiger partial charge in [-0.25, -0.2) is 8.78 Å². The molecule has 1 aromatic carbocycles. The van der Waals surface area contributed by atoms with Crippen LogP contribution in [0.4, 0.5) is 8.78 Å². The van der Waals surface area contributed by atoms with Gasteiger partial charge in [0.05, 0.1) is 21.9 Å². The highest BCUT2D eigenvalue weighted by molar-refractivity contribution is 6.54. The van der Waals surface area contributed by atoms with Gasteiger partial charge in [-0.3, -0.25) is 0 Å². The summed E-state index contributed by atoms with van der Waals surface area (Å²) in [6, 6.07) is 5.26. The highest BCUT2D eigenvalue weighted by atomic mass is 28.2. The van der Waals surface area contributed by atoms with E-state index in [4.69, 9.17) is 4.74 Å². The Morgan fingerprint density at radius 1 is 1.32 bits per heavy atom. The van der Waals surface area contributed by atoms with Crippen molar-refractivity contribution in [2.45, 2.75) is 44.8 Å². The van der Waals surface area contributed by atoms with Crippen molar-refractivity contribution >= 4 is 14.7 Å². The van der Waals surface area contributed by atoms with E-state index in [1.54, 1.807) is 6.07 Å². The van der Waals surface area contributed by atoms with Gasteiger partial charge in [-0.2, -0.15) is 0 Å². The third-order valence-electron chi connectivity index (χ3n) is 3.54. The van der Waals surface area contributed by atoms with Crippen molar-refractivity contribution in [2.24, 2.45) is 0 Å². The van der Waals surface area contributed by atoms with Gasteiger partial charge in [-0.05, 0) is 43.0 Å². The maximum Gasteiger partial charge on any atom is 0.158 e. The largest absolute Gasteiger partial charge is 0.498 e. The zero-order valence-corrected chi connectivity index (χ0v) is 12.7. The molecule has 0 radical (unpaired) electrons. The minimum absolute atomic E-state index is 0.374. The molecule has 0 saturated heterocycles. The first kappa shape index (κ1) is 14.3. The van der Waals surface area contributed by atoms with Crippen molar-refractivity contribution in [3.8, 4) is 0 Å².